The summed E-state index contributed by atoms with van der Waals surface area (Å²) in [7, 11) is -5.15. The number of piperazine rings is 1. The number of fused-ring (bicyclic) bond motifs is 1. The Bertz CT molecular complexity index is 843. The molecule has 0 saturated carbocycles. The molecule has 1 aromatic heterocycles. The molecule has 1 aromatic rings. The van der Waals surface area contributed by atoms with E-state index in [4.69, 9.17) is 0 Å². The zero-order valence-electron chi connectivity index (χ0n) is 12.9. The predicted octanol–water partition coefficient (Wildman–Crippen LogP) is -1.09. The molecule has 3 heterocycles. The van der Waals surface area contributed by atoms with Crippen LogP contribution in [0.2, 0.25) is 0 Å². The van der Waals surface area contributed by atoms with E-state index in [2.05, 4.69) is 0 Å². The second kappa shape index (κ2) is 5.32. The molecule has 128 valence electrons. The summed E-state index contributed by atoms with van der Waals surface area (Å²) in [6.45, 7) is 0.305. The van der Waals surface area contributed by atoms with Gasteiger partial charge in [0.25, 0.3) is 5.91 Å². The van der Waals surface area contributed by atoms with Crippen LogP contribution < -0.4 is 0 Å². The lowest BCUT2D eigenvalue weighted by Crippen LogP contribution is -2.61. The van der Waals surface area contributed by atoms with Crippen LogP contribution in [0.5, 0.6) is 0 Å². The van der Waals surface area contributed by atoms with E-state index in [1.54, 1.807) is 29.9 Å². The highest BCUT2D eigenvalue weighted by Crippen LogP contribution is 2.29. The molecule has 1 amide bonds. The minimum atomic E-state index is -3.52. The quantitative estimate of drug-likeness (QED) is 0.667. The Morgan fingerprint density at radius 2 is 1.87 bits per heavy atom. The number of aryl methyl sites for hydroxylation is 1. The maximum atomic E-state index is 12.7. The van der Waals surface area contributed by atoms with Crippen molar-refractivity contribution in [1.29, 1.82) is 0 Å². The van der Waals surface area contributed by atoms with E-state index in [-0.39, 0.29) is 30.5 Å². The number of nitrogens with zero attached hydrogens (tertiary/aromatic N) is 3. The van der Waals surface area contributed by atoms with Crippen molar-refractivity contribution in [2.24, 2.45) is 7.05 Å². The molecular formula is C13H19N3O5S2. The van der Waals surface area contributed by atoms with Crippen LogP contribution in [0.4, 0.5) is 0 Å². The number of amides is 1. The molecule has 8 nitrogen and oxygen atoms in total. The van der Waals surface area contributed by atoms with Crippen molar-refractivity contribution in [2.45, 2.75) is 12.1 Å². The highest BCUT2D eigenvalue weighted by Gasteiger charge is 2.50. The smallest absolute Gasteiger partial charge is 0.270 e. The Labute approximate surface area is 135 Å². The summed E-state index contributed by atoms with van der Waals surface area (Å²) < 4.78 is 50.8. The van der Waals surface area contributed by atoms with Crippen molar-refractivity contribution in [3.8, 4) is 0 Å². The Hall–Kier alpha value is -1.39. The summed E-state index contributed by atoms with van der Waals surface area (Å²) >= 11 is 0. The first-order valence-corrected chi connectivity index (χ1v) is 10.9. The van der Waals surface area contributed by atoms with Gasteiger partial charge in [0.05, 0.1) is 29.8 Å². The zero-order chi connectivity index (χ0) is 17.0. The average Bonchev–Trinajstić information content (AvgIpc) is 2.97. The highest BCUT2D eigenvalue weighted by molar-refractivity contribution is 7.92. The van der Waals surface area contributed by atoms with Gasteiger partial charge in [-0.15, -0.1) is 0 Å². The van der Waals surface area contributed by atoms with E-state index in [1.165, 1.54) is 9.21 Å². The zero-order valence-corrected chi connectivity index (χ0v) is 14.5. The summed E-state index contributed by atoms with van der Waals surface area (Å²) in [5, 5.41) is 0. The van der Waals surface area contributed by atoms with Crippen LogP contribution in [0.25, 0.3) is 0 Å². The summed E-state index contributed by atoms with van der Waals surface area (Å²) in [6, 6.07) is 2.07. The van der Waals surface area contributed by atoms with Crippen LogP contribution in [-0.4, -0.2) is 79.4 Å². The fourth-order valence-corrected chi connectivity index (χ4v) is 6.61. The van der Waals surface area contributed by atoms with E-state index < -0.39 is 31.9 Å². The third kappa shape index (κ3) is 2.90. The van der Waals surface area contributed by atoms with Gasteiger partial charge < -0.3 is 9.47 Å². The van der Waals surface area contributed by atoms with Crippen molar-refractivity contribution in [3.05, 3.63) is 24.0 Å². The highest BCUT2D eigenvalue weighted by atomic mass is 32.2. The summed E-state index contributed by atoms with van der Waals surface area (Å²) in [4.78, 5) is 14.2. The lowest BCUT2D eigenvalue weighted by Gasteiger charge is -2.42. The molecular weight excluding hydrogens is 342 g/mol. The standard InChI is InChI=1S/C13H19N3O5S2/c1-14-5-3-4-10(14)13(17)15-6-7-16(22(2,18)19)12-9-23(20,21)8-11(12)15/h3-5,11-12H,6-9H2,1-2H3/t11-,12+/m1/s1. The van der Waals surface area contributed by atoms with Crippen molar-refractivity contribution < 1.29 is 21.6 Å². The number of hydrogen-bond donors (Lipinski definition) is 0. The summed E-state index contributed by atoms with van der Waals surface area (Å²) in [5.74, 6) is -0.695. The molecule has 0 spiro atoms. The number of sulfonamides is 1. The fourth-order valence-electron chi connectivity index (χ4n) is 3.42. The molecule has 2 atom stereocenters. The van der Waals surface area contributed by atoms with Gasteiger partial charge in [-0.1, -0.05) is 0 Å². The maximum absolute atomic E-state index is 12.7. The molecule has 2 aliphatic heterocycles. The third-order valence-corrected chi connectivity index (χ3v) is 7.48. The molecule has 0 aromatic carbocycles. The van der Waals surface area contributed by atoms with E-state index in [9.17, 15) is 21.6 Å². The number of sulfone groups is 1. The molecule has 0 bridgehead atoms. The molecule has 0 radical (unpaired) electrons. The lowest BCUT2D eigenvalue weighted by atomic mass is 10.1. The second-order valence-corrected chi connectivity index (χ2v) is 10.2. The molecule has 2 saturated heterocycles. The normalized spacial score (nSPS) is 27.8. The Morgan fingerprint density at radius 1 is 1.22 bits per heavy atom. The molecule has 23 heavy (non-hydrogen) atoms. The van der Waals surface area contributed by atoms with Crippen molar-refractivity contribution >= 4 is 25.8 Å². The summed E-state index contributed by atoms with van der Waals surface area (Å²) in [6.07, 6.45) is 2.81. The monoisotopic (exact) mass is 361 g/mol. The topological polar surface area (TPSA) is 96.8 Å². The summed E-state index contributed by atoms with van der Waals surface area (Å²) in [5.41, 5.74) is 0.459. The van der Waals surface area contributed by atoms with Gasteiger partial charge in [-0.3, -0.25) is 4.79 Å². The first-order chi connectivity index (χ1) is 10.6. The molecule has 2 aliphatic rings. The molecule has 0 N–H and O–H groups in total. The number of carbonyl (C=O) groups excluding carboxylic acids is 1. The minimum absolute atomic E-state index is 0.117. The largest absolute Gasteiger partial charge is 0.347 e. The van der Waals surface area contributed by atoms with Gasteiger partial charge in [0.1, 0.15) is 5.69 Å². The first-order valence-electron chi connectivity index (χ1n) is 7.20. The maximum Gasteiger partial charge on any atom is 0.270 e. The fraction of sp³-hybridized carbons (Fsp3) is 0.615. The van der Waals surface area contributed by atoms with E-state index in [1.807, 2.05) is 0 Å². The average molecular weight is 361 g/mol. The predicted molar refractivity (Wildman–Crippen MR) is 84.2 cm³/mol. The van der Waals surface area contributed by atoms with Crippen molar-refractivity contribution in [1.82, 2.24) is 13.8 Å². The second-order valence-electron chi connectivity index (χ2n) is 6.09. The van der Waals surface area contributed by atoms with Crippen LogP contribution in [-0.2, 0) is 26.9 Å². The SMILES string of the molecule is Cn1cccc1C(=O)N1CCN(S(C)(=O)=O)[C@H]2CS(=O)(=O)C[C@H]21. The number of carbonyl (C=O) groups is 1. The number of hydrogen-bond acceptors (Lipinski definition) is 5. The Morgan fingerprint density at radius 3 is 2.43 bits per heavy atom. The van der Waals surface area contributed by atoms with Gasteiger partial charge in [0.15, 0.2) is 9.84 Å². The van der Waals surface area contributed by atoms with Gasteiger partial charge in [-0.05, 0) is 12.1 Å². The number of rotatable bonds is 2. The lowest BCUT2D eigenvalue weighted by molar-refractivity contribution is 0.0507. The molecule has 2 fully saturated rings. The van der Waals surface area contributed by atoms with Crippen molar-refractivity contribution in [2.75, 3.05) is 30.9 Å². The molecule has 0 unspecified atom stereocenters. The van der Waals surface area contributed by atoms with E-state index >= 15 is 0 Å². The third-order valence-electron chi connectivity index (χ3n) is 4.47. The van der Waals surface area contributed by atoms with Crippen LogP contribution in [0.15, 0.2) is 18.3 Å². The first kappa shape index (κ1) is 16.5. The van der Waals surface area contributed by atoms with Gasteiger partial charge in [-0.25, -0.2) is 16.8 Å². The number of aromatic nitrogens is 1. The van der Waals surface area contributed by atoms with Crippen LogP contribution >= 0.6 is 0 Å². The van der Waals surface area contributed by atoms with E-state index in [0.717, 1.165) is 6.26 Å². The Kier molecular flexibility index (Phi) is 3.81. The van der Waals surface area contributed by atoms with Crippen LogP contribution in [0.3, 0.4) is 0 Å². The molecule has 10 heteroatoms. The van der Waals surface area contributed by atoms with E-state index in [0.29, 0.717) is 5.69 Å². The van der Waals surface area contributed by atoms with Gasteiger partial charge >= 0.3 is 0 Å². The van der Waals surface area contributed by atoms with Gasteiger partial charge in [-0.2, -0.15) is 4.31 Å². The van der Waals surface area contributed by atoms with Gasteiger partial charge in [0, 0.05) is 26.3 Å². The van der Waals surface area contributed by atoms with Crippen LogP contribution in [0.1, 0.15) is 10.5 Å². The molecule has 3 rings (SSSR count). The van der Waals surface area contributed by atoms with Crippen molar-refractivity contribution in [3.63, 3.8) is 0 Å². The Balaban J connectivity index is 1.96. The minimum Gasteiger partial charge on any atom is -0.347 e. The van der Waals surface area contributed by atoms with Gasteiger partial charge in [0.2, 0.25) is 10.0 Å². The molecule has 0 aliphatic carbocycles. The van der Waals surface area contributed by atoms with Crippen LogP contribution in [0, 0.1) is 0 Å².